The molecule has 0 aromatic heterocycles. The maximum Gasteiger partial charge on any atom is 0.321 e. The van der Waals surface area contributed by atoms with E-state index in [-0.39, 0.29) is 12.1 Å². The summed E-state index contributed by atoms with van der Waals surface area (Å²) in [4.78, 5) is 16.8. The second kappa shape index (κ2) is 8.86. The van der Waals surface area contributed by atoms with E-state index in [2.05, 4.69) is 6.92 Å². The summed E-state index contributed by atoms with van der Waals surface area (Å²) in [5, 5.41) is 10.8. The fraction of sp³-hybridized carbons (Fsp3) is 0.409. The molecule has 2 atom stereocenters. The summed E-state index contributed by atoms with van der Waals surface area (Å²) in [6, 6.07) is 19.9. The van der Waals surface area contributed by atoms with Gasteiger partial charge in [0, 0.05) is 13.1 Å². The summed E-state index contributed by atoms with van der Waals surface area (Å²) in [6.45, 7) is 3.60. The Hall–Kier alpha value is -2.33. The van der Waals surface area contributed by atoms with Gasteiger partial charge in [0.15, 0.2) is 0 Å². The van der Waals surface area contributed by atoms with Gasteiger partial charge in [0.2, 0.25) is 0 Å². The minimum Gasteiger partial charge on any atom is -0.389 e. The molecule has 0 bridgehead atoms. The number of benzene rings is 2. The van der Waals surface area contributed by atoms with Crippen molar-refractivity contribution >= 4 is 6.03 Å². The van der Waals surface area contributed by atoms with E-state index < -0.39 is 6.10 Å². The van der Waals surface area contributed by atoms with Gasteiger partial charge in [-0.1, -0.05) is 80.4 Å². The van der Waals surface area contributed by atoms with Gasteiger partial charge < -0.3 is 14.9 Å². The molecule has 0 unspecified atom stereocenters. The minimum absolute atomic E-state index is 0.0177. The van der Waals surface area contributed by atoms with Crippen molar-refractivity contribution in [2.45, 2.75) is 51.4 Å². The van der Waals surface area contributed by atoms with E-state index in [1.54, 1.807) is 4.90 Å². The van der Waals surface area contributed by atoms with Gasteiger partial charge in [0.1, 0.15) is 0 Å². The fourth-order valence-electron chi connectivity index (χ4n) is 3.62. The highest BCUT2D eigenvalue weighted by Gasteiger charge is 2.38. The molecular formula is C22H28N2O2. The van der Waals surface area contributed by atoms with Crippen LogP contribution in [0.15, 0.2) is 60.7 Å². The first kappa shape index (κ1) is 18.5. The Labute approximate surface area is 156 Å². The summed E-state index contributed by atoms with van der Waals surface area (Å²) in [6.07, 6.45) is 2.39. The van der Waals surface area contributed by atoms with Crippen LogP contribution in [0.2, 0.25) is 0 Å². The monoisotopic (exact) mass is 352 g/mol. The molecule has 1 fully saturated rings. The van der Waals surface area contributed by atoms with E-state index in [4.69, 9.17) is 0 Å². The molecular weight excluding hydrogens is 324 g/mol. The molecule has 4 nitrogen and oxygen atoms in total. The predicted molar refractivity (Wildman–Crippen MR) is 104 cm³/mol. The Kier molecular flexibility index (Phi) is 6.29. The third-order valence-electron chi connectivity index (χ3n) is 5.03. The van der Waals surface area contributed by atoms with E-state index in [1.165, 1.54) is 0 Å². The van der Waals surface area contributed by atoms with Crippen molar-refractivity contribution < 1.29 is 9.90 Å². The Bertz CT molecular complexity index is 690. The number of aliphatic hydroxyl groups excluding tert-OH is 1. The van der Waals surface area contributed by atoms with Gasteiger partial charge in [0.05, 0.1) is 18.7 Å². The molecule has 0 aliphatic carbocycles. The molecule has 1 saturated heterocycles. The van der Waals surface area contributed by atoms with Crippen LogP contribution in [0.1, 0.15) is 37.3 Å². The molecule has 0 spiro atoms. The number of amides is 2. The van der Waals surface area contributed by atoms with Gasteiger partial charge in [0.25, 0.3) is 0 Å². The molecule has 2 aromatic carbocycles. The highest BCUT2D eigenvalue weighted by molar-refractivity contribution is 5.76. The molecule has 138 valence electrons. The first-order chi connectivity index (χ1) is 12.7. The average Bonchev–Trinajstić information content (AvgIpc) is 2.67. The SMILES string of the molecule is CCCC[C@H]1[C@@H](O)CN(Cc2ccccc2)C(=O)N1Cc1ccccc1. The number of unbranched alkanes of at least 4 members (excludes halogenated alkanes) is 1. The summed E-state index contributed by atoms with van der Waals surface area (Å²) in [5.41, 5.74) is 2.18. The first-order valence-electron chi connectivity index (χ1n) is 9.50. The van der Waals surface area contributed by atoms with E-state index in [1.807, 2.05) is 65.6 Å². The van der Waals surface area contributed by atoms with Crippen LogP contribution in [0.25, 0.3) is 0 Å². The summed E-state index contributed by atoms with van der Waals surface area (Å²) in [7, 11) is 0. The number of hydrogen-bond acceptors (Lipinski definition) is 2. The standard InChI is InChI=1S/C22H28N2O2/c1-2-3-14-20-21(25)17-23(15-18-10-6-4-7-11-18)22(26)24(20)16-19-12-8-5-9-13-19/h4-13,20-21,25H,2-3,14-17H2,1H3/t20-,21-/m0/s1. The maximum absolute atomic E-state index is 13.2. The maximum atomic E-state index is 13.2. The molecule has 1 N–H and O–H groups in total. The quantitative estimate of drug-likeness (QED) is 0.817. The topological polar surface area (TPSA) is 43.8 Å². The normalized spacial score (nSPS) is 20.5. The van der Waals surface area contributed by atoms with E-state index >= 15 is 0 Å². The van der Waals surface area contributed by atoms with Crippen LogP contribution in [-0.4, -0.2) is 39.6 Å². The van der Waals surface area contributed by atoms with Gasteiger partial charge in [-0.2, -0.15) is 0 Å². The van der Waals surface area contributed by atoms with Crippen LogP contribution in [0.5, 0.6) is 0 Å². The largest absolute Gasteiger partial charge is 0.389 e. The summed E-state index contributed by atoms with van der Waals surface area (Å²) in [5.74, 6) is 0. The van der Waals surface area contributed by atoms with Crippen LogP contribution in [0.4, 0.5) is 4.79 Å². The molecule has 1 aliphatic heterocycles. The number of nitrogens with zero attached hydrogens (tertiary/aromatic N) is 2. The Balaban J connectivity index is 1.80. The Morgan fingerprint density at radius 2 is 1.54 bits per heavy atom. The van der Waals surface area contributed by atoms with Crippen LogP contribution < -0.4 is 0 Å². The van der Waals surface area contributed by atoms with Crippen molar-refractivity contribution in [1.82, 2.24) is 9.80 Å². The Morgan fingerprint density at radius 1 is 0.962 bits per heavy atom. The van der Waals surface area contributed by atoms with Crippen molar-refractivity contribution in [3.63, 3.8) is 0 Å². The predicted octanol–water partition coefficient (Wildman–Crippen LogP) is 4.04. The van der Waals surface area contributed by atoms with Gasteiger partial charge in [-0.3, -0.25) is 0 Å². The van der Waals surface area contributed by atoms with Gasteiger partial charge >= 0.3 is 6.03 Å². The van der Waals surface area contributed by atoms with Gasteiger partial charge in [-0.25, -0.2) is 4.79 Å². The van der Waals surface area contributed by atoms with Crippen LogP contribution >= 0.6 is 0 Å². The van der Waals surface area contributed by atoms with Crippen LogP contribution in [-0.2, 0) is 13.1 Å². The smallest absolute Gasteiger partial charge is 0.321 e. The number of urea groups is 1. The van der Waals surface area contributed by atoms with Gasteiger partial charge in [-0.05, 0) is 17.5 Å². The van der Waals surface area contributed by atoms with E-state index in [0.717, 1.165) is 30.4 Å². The number of rotatable bonds is 7. The lowest BCUT2D eigenvalue weighted by molar-refractivity contribution is -0.00825. The van der Waals surface area contributed by atoms with Crippen LogP contribution in [0.3, 0.4) is 0 Å². The molecule has 2 amide bonds. The van der Waals surface area contributed by atoms with Crippen molar-refractivity contribution in [3.05, 3.63) is 71.8 Å². The first-order valence-corrected chi connectivity index (χ1v) is 9.50. The number of hydrogen-bond donors (Lipinski definition) is 1. The molecule has 26 heavy (non-hydrogen) atoms. The highest BCUT2D eigenvalue weighted by atomic mass is 16.3. The number of carbonyl (C=O) groups is 1. The molecule has 2 aromatic rings. The summed E-state index contributed by atoms with van der Waals surface area (Å²) < 4.78 is 0. The zero-order valence-electron chi connectivity index (χ0n) is 15.4. The minimum atomic E-state index is -0.522. The van der Waals surface area contributed by atoms with Crippen molar-refractivity contribution in [3.8, 4) is 0 Å². The molecule has 3 rings (SSSR count). The van der Waals surface area contributed by atoms with E-state index in [9.17, 15) is 9.90 Å². The second-order valence-corrected chi connectivity index (χ2v) is 7.04. The third-order valence-corrected chi connectivity index (χ3v) is 5.03. The second-order valence-electron chi connectivity index (χ2n) is 7.04. The lowest BCUT2D eigenvalue weighted by Crippen LogP contribution is -2.60. The molecule has 0 radical (unpaired) electrons. The molecule has 0 saturated carbocycles. The van der Waals surface area contributed by atoms with Crippen molar-refractivity contribution in [2.24, 2.45) is 0 Å². The number of carbonyl (C=O) groups excluding carboxylic acids is 1. The zero-order valence-corrected chi connectivity index (χ0v) is 15.4. The highest BCUT2D eigenvalue weighted by Crippen LogP contribution is 2.25. The summed E-state index contributed by atoms with van der Waals surface area (Å²) >= 11 is 0. The number of β-amino-alcohol motifs (C(OH)–C–C–N with tert-alkyl or cyclic N) is 1. The third kappa shape index (κ3) is 4.44. The molecule has 1 heterocycles. The molecule has 1 aliphatic rings. The number of aliphatic hydroxyl groups is 1. The van der Waals surface area contributed by atoms with E-state index in [0.29, 0.717) is 19.6 Å². The molecule has 4 heteroatoms. The van der Waals surface area contributed by atoms with Crippen molar-refractivity contribution in [1.29, 1.82) is 0 Å². The lowest BCUT2D eigenvalue weighted by atomic mass is 9.98. The Morgan fingerprint density at radius 3 is 2.12 bits per heavy atom. The fourth-order valence-corrected chi connectivity index (χ4v) is 3.62. The van der Waals surface area contributed by atoms with Crippen molar-refractivity contribution in [2.75, 3.05) is 6.54 Å². The van der Waals surface area contributed by atoms with Gasteiger partial charge in [-0.15, -0.1) is 0 Å². The zero-order chi connectivity index (χ0) is 18.4. The lowest BCUT2D eigenvalue weighted by Gasteiger charge is -2.44. The average molecular weight is 352 g/mol. The van der Waals surface area contributed by atoms with Crippen LogP contribution in [0, 0.1) is 0 Å².